The Hall–Kier alpha value is -1.26. The van der Waals surface area contributed by atoms with Crippen molar-refractivity contribution in [1.82, 2.24) is 4.90 Å². The zero-order valence-corrected chi connectivity index (χ0v) is 14.0. The van der Waals surface area contributed by atoms with Crippen LogP contribution in [-0.4, -0.2) is 29.8 Å². The van der Waals surface area contributed by atoms with E-state index in [0.29, 0.717) is 28.2 Å². The number of nitrogens with one attached hydrogen (secondary N) is 1. The van der Waals surface area contributed by atoms with Gasteiger partial charge in [0.1, 0.15) is 0 Å². The van der Waals surface area contributed by atoms with Crippen molar-refractivity contribution >= 4 is 40.7 Å². The van der Waals surface area contributed by atoms with Gasteiger partial charge in [0.15, 0.2) is 0 Å². The van der Waals surface area contributed by atoms with Crippen molar-refractivity contribution < 1.29 is 9.59 Å². The van der Waals surface area contributed by atoms with E-state index in [4.69, 9.17) is 23.2 Å². The molecule has 0 saturated carbocycles. The summed E-state index contributed by atoms with van der Waals surface area (Å²) in [6.45, 7) is 6.17. The molecule has 0 aliphatic rings. The van der Waals surface area contributed by atoms with Crippen molar-refractivity contribution in [3.8, 4) is 0 Å². The molecular weight excluding hydrogens is 311 g/mol. The van der Waals surface area contributed by atoms with Crippen LogP contribution in [0.4, 0.5) is 5.69 Å². The molecule has 1 aromatic rings. The Morgan fingerprint density at radius 3 is 2.52 bits per heavy atom. The fraction of sp³-hybridized carbons (Fsp3) is 0.467. The van der Waals surface area contributed by atoms with Gasteiger partial charge in [-0.2, -0.15) is 0 Å². The Kier molecular flexibility index (Phi) is 6.99. The fourth-order valence-corrected chi connectivity index (χ4v) is 2.07. The zero-order chi connectivity index (χ0) is 16.0. The molecule has 0 aromatic heterocycles. The summed E-state index contributed by atoms with van der Waals surface area (Å²) < 4.78 is 0. The van der Waals surface area contributed by atoms with Gasteiger partial charge in [-0.05, 0) is 24.5 Å². The summed E-state index contributed by atoms with van der Waals surface area (Å²) in [6.07, 6.45) is 0.852. The third-order valence-electron chi connectivity index (χ3n) is 2.98. The quantitative estimate of drug-likeness (QED) is 0.861. The number of benzene rings is 1. The summed E-state index contributed by atoms with van der Waals surface area (Å²) in [5.74, 6) is 0.0541. The van der Waals surface area contributed by atoms with E-state index in [1.807, 2.05) is 0 Å². The van der Waals surface area contributed by atoms with E-state index in [1.54, 1.807) is 18.2 Å². The molecule has 0 saturated heterocycles. The third kappa shape index (κ3) is 5.94. The Bertz CT molecular complexity index is 518. The lowest BCUT2D eigenvalue weighted by atomic mass is 10.1. The van der Waals surface area contributed by atoms with Gasteiger partial charge in [0.25, 0.3) is 0 Å². The van der Waals surface area contributed by atoms with Gasteiger partial charge in [0, 0.05) is 13.5 Å². The van der Waals surface area contributed by atoms with Gasteiger partial charge in [-0.3, -0.25) is 9.59 Å². The lowest BCUT2D eigenvalue weighted by molar-refractivity contribution is -0.132. The molecule has 4 nitrogen and oxygen atoms in total. The molecule has 1 rings (SSSR count). The molecule has 0 heterocycles. The number of amides is 2. The highest BCUT2D eigenvalue weighted by molar-refractivity contribution is 6.44. The number of nitrogens with zero attached hydrogens (tertiary/aromatic N) is 1. The van der Waals surface area contributed by atoms with Crippen LogP contribution >= 0.6 is 23.2 Å². The molecule has 1 aromatic carbocycles. The molecule has 21 heavy (non-hydrogen) atoms. The van der Waals surface area contributed by atoms with E-state index in [1.165, 1.54) is 11.8 Å². The third-order valence-corrected chi connectivity index (χ3v) is 3.80. The summed E-state index contributed by atoms with van der Waals surface area (Å²) in [7, 11) is 0. The molecule has 1 N–H and O–H groups in total. The second-order valence-electron chi connectivity index (χ2n) is 5.27. The van der Waals surface area contributed by atoms with Gasteiger partial charge in [-0.1, -0.05) is 43.1 Å². The van der Waals surface area contributed by atoms with E-state index < -0.39 is 0 Å². The molecule has 116 valence electrons. The normalized spacial score (nSPS) is 10.6. The van der Waals surface area contributed by atoms with Crippen LogP contribution in [0, 0.1) is 5.92 Å². The molecule has 0 bridgehead atoms. The van der Waals surface area contributed by atoms with E-state index >= 15 is 0 Å². The Labute approximate surface area is 135 Å². The average molecular weight is 331 g/mol. The standard InChI is InChI=1S/C15H20Cl2N2O2/c1-10(2)7-8-19(11(3)20)9-14(21)18-13-6-4-5-12(16)15(13)17/h4-6,10H,7-9H2,1-3H3,(H,18,21). The van der Waals surface area contributed by atoms with Crippen molar-refractivity contribution in [2.75, 3.05) is 18.4 Å². The maximum atomic E-state index is 12.0. The molecular formula is C15H20Cl2N2O2. The number of hydrogen-bond donors (Lipinski definition) is 1. The van der Waals surface area contributed by atoms with Crippen molar-refractivity contribution in [3.05, 3.63) is 28.2 Å². The van der Waals surface area contributed by atoms with E-state index in [9.17, 15) is 9.59 Å². The first-order chi connectivity index (χ1) is 9.81. The summed E-state index contributed by atoms with van der Waals surface area (Å²) in [5, 5.41) is 3.34. The largest absolute Gasteiger partial charge is 0.334 e. The minimum atomic E-state index is -0.293. The van der Waals surface area contributed by atoms with Crippen LogP contribution in [-0.2, 0) is 9.59 Å². The summed E-state index contributed by atoms with van der Waals surface area (Å²) >= 11 is 11.9. The number of halogens is 2. The Morgan fingerprint density at radius 1 is 1.29 bits per heavy atom. The van der Waals surface area contributed by atoms with E-state index in [2.05, 4.69) is 19.2 Å². The summed E-state index contributed by atoms with van der Waals surface area (Å²) in [6, 6.07) is 5.01. The van der Waals surface area contributed by atoms with Crippen LogP contribution in [0.3, 0.4) is 0 Å². The number of rotatable bonds is 6. The van der Waals surface area contributed by atoms with Gasteiger partial charge in [-0.25, -0.2) is 0 Å². The fourth-order valence-electron chi connectivity index (χ4n) is 1.73. The molecule has 0 spiro atoms. The highest BCUT2D eigenvalue weighted by atomic mass is 35.5. The van der Waals surface area contributed by atoms with Crippen molar-refractivity contribution in [1.29, 1.82) is 0 Å². The average Bonchev–Trinajstić information content (AvgIpc) is 2.39. The monoisotopic (exact) mass is 330 g/mol. The van der Waals surface area contributed by atoms with Gasteiger partial charge >= 0.3 is 0 Å². The summed E-state index contributed by atoms with van der Waals surface area (Å²) in [5.41, 5.74) is 0.446. The van der Waals surface area contributed by atoms with Crippen molar-refractivity contribution in [3.63, 3.8) is 0 Å². The molecule has 0 aliphatic carbocycles. The summed E-state index contributed by atoms with van der Waals surface area (Å²) in [4.78, 5) is 25.1. The second-order valence-corrected chi connectivity index (χ2v) is 6.06. The molecule has 0 fully saturated rings. The number of anilines is 1. The van der Waals surface area contributed by atoms with Crippen LogP contribution in [0.25, 0.3) is 0 Å². The molecule has 6 heteroatoms. The smallest absolute Gasteiger partial charge is 0.244 e. The second kappa shape index (κ2) is 8.25. The first-order valence-electron chi connectivity index (χ1n) is 6.80. The van der Waals surface area contributed by atoms with Crippen LogP contribution in [0.15, 0.2) is 18.2 Å². The maximum Gasteiger partial charge on any atom is 0.244 e. The van der Waals surface area contributed by atoms with Gasteiger partial charge < -0.3 is 10.2 Å². The van der Waals surface area contributed by atoms with Crippen LogP contribution in [0.5, 0.6) is 0 Å². The molecule has 0 aliphatic heterocycles. The first-order valence-corrected chi connectivity index (χ1v) is 7.56. The zero-order valence-electron chi connectivity index (χ0n) is 12.5. The topological polar surface area (TPSA) is 49.4 Å². The molecule has 0 atom stereocenters. The number of carbonyl (C=O) groups is 2. The van der Waals surface area contributed by atoms with E-state index in [-0.39, 0.29) is 18.4 Å². The number of carbonyl (C=O) groups excluding carboxylic acids is 2. The van der Waals surface area contributed by atoms with Gasteiger partial charge in [-0.15, -0.1) is 0 Å². The molecule has 2 amide bonds. The first kappa shape index (κ1) is 17.8. The van der Waals surface area contributed by atoms with Crippen LogP contribution in [0.1, 0.15) is 27.2 Å². The SMILES string of the molecule is CC(=O)N(CCC(C)C)CC(=O)Nc1cccc(Cl)c1Cl. The predicted molar refractivity (Wildman–Crippen MR) is 86.8 cm³/mol. The lowest BCUT2D eigenvalue weighted by Crippen LogP contribution is -2.37. The Balaban J connectivity index is 2.65. The highest BCUT2D eigenvalue weighted by Crippen LogP contribution is 2.29. The molecule has 0 unspecified atom stereocenters. The Morgan fingerprint density at radius 2 is 1.95 bits per heavy atom. The highest BCUT2D eigenvalue weighted by Gasteiger charge is 2.15. The van der Waals surface area contributed by atoms with Gasteiger partial charge in [0.05, 0.1) is 22.3 Å². The van der Waals surface area contributed by atoms with Crippen molar-refractivity contribution in [2.24, 2.45) is 5.92 Å². The minimum absolute atomic E-state index is 0.00486. The lowest BCUT2D eigenvalue weighted by Gasteiger charge is -2.21. The molecule has 0 radical (unpaired) electrons. The maximum absolute atomic E-state index is 12.0. The van der Waals surface area contributed by atoms with Crippen LogP contribution < -0.4 is 5.32 Å². The number of hydrogen-bond acceptors (Lipinski definition) is 2. The van der Waals surface area contributed by atoms with Crippen LogP contribution in [0.2, 0.25) is 10.0 Å². The predicted octanol–water partition coefficient (Wildman–Crippen LogP) is 3.83. The van der Waals surface area contributed by atoms with E-state index in [0.717, 1.165) is 6.42 Å². The van der Waals surface area contributed by atoms with Crippen molar-refractivity contribution in [2.45, 2.75) is 27.2 Å². The minimum Gasteiger partial charge on any atom is -0.334 e. The van der Waals surface area contributed by atoms with Gasteiger partial charge in [0.2, 0.25) is 11.8 Å².